The van der Waals surface area contributed by atoms with E-state index in [0.717, 1.165) is 6.42 Å². The van der Waals surface area contributed by atoms with Gasteiger partial charge >= 0.3 is 0 Å². The van der Waals surface area contributed by atoms with Crippen molar-refractivity contribution in [3.8, 4) is 0 Å². The molecule has 2 aromatic carbocycles. The highest BCUT2D eigenvalue weighted by molar-refractivity contribution is 5.38. The summed E-state index contributed by atoms with van der Waals surface area (Å²) in [6.07, 6.45) is 4.68. The van der Waals surface area contributed by atoms with Crippen molar-refractivity contribution < 1.29 is 0 Å². The van der Waals surface area contributed by atoms with E-state index in [4.69, 9.17) is 5.73 Å². The quantitative estimate of drug-likeness (QED) is 0.873. The molecule has 0 amide bonds. The van der Waals surface area contributed by atoms with Crippen LogP contribution in [0.2, 0.25) is 0 Å². The lowest BCUT2D eigenvalue weighted by atomic mass is 9.88. The van der Waals surface area contributed by atoms with Crippen LogP contribution in [0.4, 0.5) is 0 Å². The van der Waals surface area contributed by atoms with E-state index in [-0.39, 0.29) is 6.04 Å². The van der Waals surface area contributed by atoms with Crippen LogP contribution < -0.4 is 5.73 Å². The van der Waals surface area contributed by atoms with Crippen molar-refractivity contribution >= 4 is 0 Å². The lowest BCUT2D eigenvalue weighted by Gasteiger charge is -2.21. The van der Waals surface area contributed by atoms with Gasteiger partial charge < -0.3 is 5.73 Å². The fraction of sp³-hybridized carbons (Fsp3) is 0.368. The maximum Gasteiger partial charge on any atom is 0.0364 e. The van der Waals surface area contributed by atoms with Gasteiger partial charge in [-0.15, -0.1) is 0 Å². The smallest absolute Gasteiger partial charge is 0.0364 e. The van der Waals surface area contributed by atoms with Gasteiger partial charge in [-0.2, -0.15) is 0 Å². The summed E-state index contributed by atoms with van der Waals surface area (Å²) in [4.78, 5) is 0. The summed E-state index contributed by atoms with van der Waals surface area (Å²) in [5.74, 6) is 0.475. The molecule has 20 heavy (non-hydrogen) atoms. The Balaban J connectivity index is 1.86. The van der Waals surface area contributed by atoms with Gasteiger partial charge in [0.2, 0.25) is 0 Å². The highest BCUT2D eigenvalue weighted by atomic mass is 14.7. The maximum absolute atomic E-state index is 6.58. The van der Waals surface area contributed by atoms with E-state index in [1.165, 1.54) is 41.5 Å². The van der Waals surface area contributed by atoms with E-state index in [0.29, 0.717) is 5.92 Å². The van der Waals surface area contributed by atoms with E-state index in [1.54, 1.807) is 0 Å². The van der Waals surface area contributed by atoms with Crippen molar-refractivity contribution in [2.75, 3.05) is 0 Å². The molecule has 2 N–H and O–H groups in total. The second kappa shape index (κ2) is 5.80. The fourth-order valence-corrected chi connectivity index (χ4v) is 3.44. The number of rotatable bonds is 4. The zero-order valence-corrected chi connectivity index (χ0v) is 12.2. The van der Waals surface area contributed by atoms with Crippen LogP contribution in [0, 0.1) is 0 Å². The van der Waals surface area contributed by atoms with Crippen molar-refractivity contribution in [2.24, 2.45) is 5.73 Å². The van der Waals surface area contributed by atoms with Crippen LogP contribution in [0.15, 0.2) is 48.5 Å². The van der Waals surface area contributed by atoms with Crippen molar-refractivity contribution in [3.05, 3.63) is 70.8 Å². The second-order valence-corrected chi connectivity index (χ2v) is 5.86. The number of hydrogen-bond acceptors (Lipinski definition) is 1. The SMILES string of the molecule is CCCc1cccc(C(N)C2CCc3ccccc32)c1. The van der Waals surface area contributed by atoms with Crippen LogP contribution in [-0.2, 0) is 12.8 Å². The van der Waals surface area contributed by atoms with E-state index >= 15 is 0 Å². The van der Waals surface area contributed by atoms with E-state index in [1.807, 2.05) is 0 Å². The van der Waals surface area contributed by atoms with Gasteiger partial charge in [0, 0.05) is 12.0 Å². The highest BCUT2D eigenvalue weighted by Crippen LogP contribution is 2.40. The number of fused-ring (bicyclic) bond motifs is 1. The largest absolute Gasteiger partial charge is 0.323 e. The standard InChI is InChI=1S/C19H23N/c1-2-6-14-7-5-9-16(13-14)19(20)18-12-11-15-8-3-4-10-17(15)18/h3-5,7-10,13,18-19H,2,6,11-12,20H2,1H3. The molecule has 0 aromatic heterocycles. The minimum Gasteiger partial charge on any atom is -0.323 e. The first-order valence-electron chi connectivity index (χ1n) is 7.72. The minimum atomic E-state index is 0.121. The Kier molecular flexibility index (Phi) is 3.88. The summed E-state index contributed by atoms with van der Waals surface area (Å²) in [6, 6.07) is 17.7. The molecule has 0 aliphatic heterocycles. The third-order valence-electron chi connectivity index (χ3n) is 4.49. The molecule has 0 saturated carbocycles. The lowest BCUT2D eigenvalue weighted by molar-refractivity contribution is 0.550. The molecule has 1 aliphatic rings. The Morgan fingerprint density at radius 2 is 2.00 bits per heavy atom. The molecule has 2 aromatic rings. The summed E-state index contributed by atoms with van der Waals surface area (Å²) in [6.45, 7) is 2.22. The molecule has 0 fully saturated rings. The molecular weight excluding hydrogens is 242 g/mol. The first-order chi connectivity index (χ1) is 9.79. The topological polar surface area (TPSA) is 26.0 Å². The van der Waals surface area contributed by atoms with Crippen LogP contribution in [-0.4, -0.2) is 0 Å². The number of benzene rings is 2. The summed E-state index contributed by atoms with van der Waals surface area (Å²) in [5.41, 5.74) is 12.2. The normalized spacial score (nSPS) is 18.8. The van der Waals surface area contributed by atoms with E-state index < -0.39 is 0 Å². The summed E-state index contributed by atoms with van der Waals surface area (Å²) in [5, 5.41) is 0. The number of hydrogen-bond donors (Lipinski definition) is 1. The molecule has 1 heteroatoms. The molecule has 0 bridgehead atoms. The lowest BCUT2D eigenvalue weighted by Crippen LogP contribution is -2.18. The molecule has 3 rings (SSSR count). The highest BCUT2D eigenvalue weighted by Gasteiger charge is 2.28. The summed E-state index contributed by atoms with van der Waals surface area (Å²) in [7, 11) is 0. The van der Waals surface area contributed by atoms with Gasteiger partial charge in [-0.05, 0) is 41.5 Å². The molecule has 0 spiro atoms. The zero-order chi connectivity index (χ0) is 13.9. The third-order valence-corrected chi connectivity index (χ3v) is 4.49. The van der Waals surface area contributed by atoms with Crippen molar-refractivity contribution in [1.29, 1.82) is 0 Å². The third kappa shape index (κ3) is 2.51. The molecule has 2 unspecified atom stereocenters. The van der Waals surface area contributed by atoms with Crippen molar-refractivity contribution in [1.82, 2.24) is 0 Å². The second-order valence-electron chi connectivity index (χ2n) is 5.86. The van der Waals surface area contributed by atoms with Gasteiger partial charge in [0.05, 0.1) is 0 Å². The molecule has 2 atom stereocenters. The monoisotopic (exact) mass is 265 g/mol. The molecule has 0 heterocycles. The van der Waals surface area contributed by atoms with Crippen LogP contribution in [0.25, 0.3) is 0 Å². The van der Waals surface area contributed by atoms with Gasteiger partial charge in [0.15, 0.2) is 0 Å². The van der Waals surface area contributed by atoms with Crippen LogP contribution >= 0.6 is 0 Å². The van der Waals surface area contributed by atoms with Crippen LogP contribution in [0.3, 0.4) is 0 Å². The van der Waals surface area contributed by atoms with Crippen LogP contribution in [0.5, 0.6) is 0 Å². The van der Waals surface area contributed by atoms with Gasteiger partial charge in [0.25, 0.3) is 0 Å². The van der Waals surface area contributed by atoms with E-state index in [9.17, 15) is 0 Å². The minimum absolute atomic E-state index is 0.121. The summed E-state index contributed by atoms with van der Waals surface area (Å²) < 4.78 is 0. The Labute approximate surface area is 121 Å². The summed E-state index contributed by atoms with van der Waals surface area (Å²) >= 11 is 0. The maximum atomic E-state index is 6.58. The predicted molar refractivity (Wildman–Crippen MR) is 84.9 cm³/mol. The Morgan fingerprint density at radius 3 is 2.85 bits per heavy atom. The molecular formula is C19H23N. The van der Waals surface area contributed by atoms with Gasteiger partial charge in [0.1, 0.15) is 0 Å². The number of aryl methyl sites for hydroxylation is 2. The first-order valence-corrected chi connectivity index (χ1v) is 7.72. The van der Waals surface area contributed by atoms with Gasteiger partial charge in [-0.3, -0.25) is 0 Å². The Bertz CT molecular complexity index is 588. The average Bonchev–Trinajstić information content (AvgIpc) is 2.91. The van der Waals surface area contributed by atoms with Gasteiger partial charge in [-0.1, -0.05) is 61.9 Å². The molecule has 0 saturated heterocycles. The molecule has 0 radical (unpaired) electrons. The zero-order valence-electron chi connectivity index (χ0n) is 12.2. The van der Waals surface area contributed by atoms with Gasteiger partial charge in [-0.25, -0.2) is 0 Å². The molecule has 1 aliphatic carbocycles. The first kappa shape index (κ1) is 13.4. The molecule has 104 valence electrons. The predicted octanol–water partition coefficient (Wildman–Crippen LogP) is 4.37. The van der Waals surface area contributed by atoms with Crippen LogP contribution in [0.1, 0.15) is 54.0 Å². The number of nitrogens with two attached hydrogens (primary N) is 1. The van der Waals surface area contributed by atoms with E-state index in [2.05, 4.69) is 55.5 Å². The molecule has 1 nitrogen and oxygen atoms in total. The Hall–Kier alpha value is -1.60. The van der Waals surface area contributed by atoms with Crippen molar-refractivity contribution in [2.45, 2.75) is 44.6 Å². The fourth-order valence-electron chi connectivity index (χ4n) is 3.44. The van der Waals surface area contributed by atoms with Crippen molar-refractivity contribution in [3.63, 3.8) is 0 Å². The Morgan fingerprint density at radius 1 is 1.15 bits per heavy atom. The average molecular weight is 265 g/mol.